The van der Waals surface area contributed by atoms with Crippen molar-refractivity contribution in [2.24, 2.45) is 17.3 Å². The number of carbonyl (C=O) groups excluding carboxylic acids is 2. The molecule has 7 aromatic rings. The van der Waals surface area contributed by atoms with Gasteiger partial charge in [-0.3, -0.25) is 19.6 Å². The Balaban J connectivity index is 0.000000201. The minimum absolute atomic E-state index is 0. The van der Waals surface area contributed by atoms with E-state index in [0.29, 0.717) is 28.2 Å². The third kappa shape index (κ3) is 13.4. The van der Waals surface area contributed by atoms with Gasteiger partial charge in [0.2, 0.25) is 11.6 Å². The van der Waals surface area contributed by atoms with E-state index in [1.807, 2.05) is 54.6 Å². The van der Waals surface area contributed by atoms with Crippen molar-refractivity contribution in [3.05, 3.63) is 280 Å². The van der Waals surface area contributed by atoms with Gasteiger partial charge in [0.05, 0.1) is 5.38 Å². The van der Waals surface area contributed by atoms with Crippen LogP contribution in [-0.4, -0.2) is 44.9 Å². The summed E-state index contributed by atoms with van der Waals surface area (Å²) in [5.41, 5.74) is 11.9. The normalized spacial score (nSPS) is 17.0. The van der Waals surface area contributed by atoms with Gasteiger partial charge < -0.3 is 9.80 Å². The molecule has 9 heteroatoms. The molecular formula is C68H68Cl2CuN4O2. The first-order valence-electron chi connectivity index (χ1n) is 26.8. The molecule has 3 aliphatic rings. The molecule has 1 atom stereocenters. The minimum Gasteiger partial charge on any atom is -0.344 e. The van der Waals surface area contributed by atoms with Gasteiger partial charge in [-0.1, -0.05) is 179 Å². The quantitative estimate of drug-likeness (QED) is 0.0369. The fourth-order valence-electron chi connectivity index (χ4n) is 11.3. The van der Waals surface area contributed by atoms with Crippen LogP contribution in [0.15, 0.2) is 235 Å². The molecule has 6 nitrogen and oxygen atoms in total. The Morgan fingerprint density at radius 3 is 1.42 bits per heavy atom. The van der Waals surface area contributed by atoms with Crippen molar-refractivity contribution in [2.75, 3.05) is 18.0 Å². The van der Waals surface area contributed by atoms with E-state index >= 15 is 0 Å². The van der Waals surface area contributed by atoms with Gasteiger partial charge in [0.15, 0.2) is 0 Å². The number of rotatable bonds is 18. The fraction of sp³-hybridized carbons (Fsp3) is 0.265. The van der Waals surface area contributed by atoms with Crippen LogP contribution in [-0.2, 0) is 48.2 Å². The molecule has 77 heavy (non-hydrogen) atoms. The Hall–Kier alpha value is -6.60. The van der Waals surface area contributed by atoms with Crippen molar-refractivity contribution in [1.29, 1.82) is 0 Å². The Morgan fingerprint density at radius 2 is 0.987 bits per heavy atom. The average Bonchev–Trinajstić information content (AvgIpc) is 3.86. The number of halogens is 2. The van der Waals surface area contributed by atoms with Crippen molar-refractivity contribution in [2.45, 2.75) is 83.4 Å². The fourth-order valence-corrected chi connectivity index (χ4v) is 11.7. The van der Waals surface area contributed by atoms with E-state index in [1.165, 1.54) is 39.1 Å². The van der Waals surface area contributed by atoms with Crippen LogP contribution in [0, 0.1) is 17.3 Å². The molecule has 4 heterocycles. The van der Waals surface area contributed by atoms with Crippen LogP contribution in [0.3, 0.4) is 0 Å². The second-order valence-electron chi connectivity index (χ2n) is 21.3. The third-order valence-electron chi connectivity index (χ3n) is 15.0. The van der Waals surface area contributed by atoms with E-state index in [2.05, 4.69) is 181 Å². The smallest absolute Gasteiger partial charge is 0.205 e. The Bertz CT molecular complexity index is 3120. The summed E-state index contributed by atoms with van der Waals surface area (Å²) in [6, 6.07) is 59.6. The van der Waals surface area contributed by atoms with Crippen molar-refractivity contribution in [3.63, 3.8) is 0 Å². The number of carbonyl (C=O) groups is 2. The SMILES string of the molecule is CC(C)CCN1/C(=C\C(=O)c2ccccn2)C(Cc2ccccc2)(Cc2ccccc2)c2cc(Cl)ccc21.CC(C)CCN1C2=C(CC(Cl)C=C2)C(Cc2ccccc2)(Cc2ccccc2)/C1=C/C(=O)c1ccccn1.[Cu]. The van der Waals surface area contributed by atoms with E-state index < -0.39 is 10.8 Å². The van der Waals surface area contributed by atoms with Gasteiger partial charge in [-0.05, 0) is 139 Å². The van der Waals surface area contributed by atoms with Crippen LogP contribution in [0.1, 0.15) is 95.8 Å². The third-order valence-corrected chi connectivity index (χ3v) is 15.5. The summed E-state index contributed by atoms with van der Waals surface area (Å²) in [5.74, 6) is 0.918. The molecule has 1 unspecified atom stereocenters. The maximum absolute atomic E-state index is 13.7. The van der Waals surface area contributed by atoms with Crippen LogP contribution in [0.4, 0.5) is 5.69 Å². The van der Waals surface area contributed by atoms with E-state index in [0.717, 1.165) is 75.1 Å². The molecular weight excluding hydrogens is 1040 g/mol. The van der Waals surface area contributed by atoms with E-state index in [4.69, 9.17) is 23.2 Å². The van der Waals surface area contributed by atoms with Gasteiger partial charge in [-0.25, -0.2) is 0 Å². The van der Waals surface area contributed by atoms with Crippen molar-refractivity contribution < 1.29 is 26.7 Å². The molecule has 0 bridgehead atoms. The summed E-state index contributed by atoms with van der Waals surface area (Å²) in [5, 5.41) is 0.632. The van der Waals surface area contributed by atoms with Gasteiger partial charge in [0.25, 0.3) is 0 Å². The van der Waals surface area contributed by atoms with Gasteiger partial charge >= 0.3 is 0 Å². The molecule has 397 valence electrons. The summed E-state index contributed by atoms with van der Waals surface area (Å²) >= 11 is 13.5. The summed E-state index contributed by atoms with van der Waals surface area (Å²) < 4.78 is 0. The molecule has 0 N–H and O–H groups in total. The van der Waals surface area contributed by atoms with E-state index in [-0.39, 0.29) is 34.0 Å². The number of alkyl halides is 1. The standard InChI is InChI=1S/C34H35ClN2O.C34H33ClN2O.Cu/c2*1-25(2)18-20-37-31-17-16-28(35)21-29(31)34(23-26-11-5-3-6-12-26,24-27-13-7-4-8-14-27)33(37)22-32(38)30-15-9-10-19-36-30;/h3-17,19,22,25,28H,18,20-21,23-24H2,1-2H3;3-17,19,21-22,25H,18,20,23-24H2,1-2H3;/b2*33-22-;. The van der Waals surface area contributed by atoms with Crippen LogP contribution in [0.5, 0.6) is 0 Å². The van der Waals surface area contributed by atoms with Gasteiger partial charge in [0.1, 0.15) is 11.4 Å². The van der Waals surface area contributed by atoms with Crippen LogP contribution < -0.4 is 4.90 Å². The molecule has 0 fully saturated rings. The van der Waals surface area contributed by atoms with Crippen LogP contribution in [0.2, 0.25) is 5.02 Å². The molecule has 5 aromatic carbocycles. The van der Waals surface area contributed by atoms with Gasteiger partial charge in [-0.2, -0.15) is 0 Å². The summed E-state index contributed by atoms with van der Waals surface area (Å²) in [4.78, 5) is 40.9. The van der Waals surface area contributed by atoms with Gasteiger partial charge in [0, 0.05) is 93.3 Å². The Morgan fingerprint density at radius 1 is 0.571 bits per heavy atom. The number of nitrogens with zero attached hydrogens (tertiary/aromatic N) is 4. The number of hydrogen-bond acceptors (Lipinski definition) is 6. The molecule has 2 aromatic heterocycles. The van der Waals surface area contributed by atoms with Gasteiger partial charge in [-0.15, -0.1) is 11.6 Å². The topological polar surface area (TPSA) is 66.4 Å². The predicted octanol–water partition coefficient (Wildman–Crippen LogP) is 15.9. The number of hydrogen-bond donors (Lipinski definition) is 0. The van der Waals surface area contributed by atoms with Crippen LogP contribution >= 0.6 is 23.2 Å². The summed E-state index contributed by atoms with van der Waals surface area (Å²) in [7, 11) is 0. The van der Waals surface area contributed by atoms with Crippen LogP contribution in [0.25, 0.3) is 0 Å². The second-order valence-corrected chi connectivity index (χ2v) is 22.3. The largest absolute Gasteiger partial charge is 0.344 e. The van der Waals surface area contributed by atoms with Crippen molar-refractivity contribution in [3.8, 4) is 0 Å². The van der Waals surface area contributed by atoms with E-state index in [9.17, 15) is 9.59 Å². The van der Waals surface area contributed by atoms with E-state index in [1.54, 1.807) is 24.5 Å². The number of pyridine rings is 2. The maximum Gasteiger partial charge on any atom is 0.205 e. The van der Waals surface area contributed by atoms with Crippen molar-refractivity contribution in [1.82, 2.24) is 14.9 Å². The molecule has 1 aliphatic carbocycles. The first-order valence-corrected chi connectivity index (χ1v) is 27.7. The number of fused-ring (bicyclic) bond motifs is 1. The average molecular weight is 1110 g/mol. The van der Waals surface area contributed by atoms with Crippen molar-refractivity contribution >= 4 is 40.5 Å². The molecule has 0 saturated carbocycles. The molecule has 1 radical (unpaired) electrons. The first kappa shape index (κ1) is 56.6. The Labute approximate surface area is 477 Å². The minimum atomic E-state index is -0.482. The predicted molar refractivity (Wildman–Crippen MR) is 313 cm³/mol. The number of allylic oxidation sites excluding steroid dienone is 6. The number of benzene rings is 5. The number of anilines is 1. The summed E-state index contributed by atoms with van der Waals surface area (Å²) in [6.45, 7) is 10.6. The Kier molecular flexibility index (Phi) is 19.2. The molecule has 0 spiro atoms. The maximum atomic E-state index is 13.7. The number of aromatic nitrogens is 2. The first-order chi connectivity index (χ1) is 36.9. The zero-order valence-corrected chi connectivity index (χ0v) is 46.9. The molecule has 2 aliphatic heterocycles. The second kappa shape index (κ2) is 26.2. The summed E-state index contributed by atoms with van der Waals surface area (Å²) in [6.07, 6.45) is 17.2. The monoisotopic (exact) mass is 1110 g/mol. The zero-order chi connectivity index (χ0) is 53.1. The molecule has 0 amide bonds. The number of ketones is 2. The molecule has 10 rings (SSSR count). The zero-order valence-electron chi connectivity index (χ0n) is 44.5. The molecule has 0 saturated heterocycles.